The highest BCUT2D eigenvalue weighted by Crippen LogP contribution is 2.19. The lowest BCUT2D eigenvalue weighted by molar-refractivity contribution is 0.307. The fourth-order valence-electron chi connectivity index (χ4n) is 3.11. The van der Waals surface area contributed by atoms with Gasteiger partial charge < -0.3 is 14.7 Å². The summed E-state index contributed by atoms with van der Waals surface area (Å²) in [6.45, 7) is 10.6. The number of hydrogen-bond acceptors (Lipinski definition) is 8. The number of benzene rings is 1. The Hall–Kier alpha value is -3.68. The van der Waals surface area contributed by atoms with Gasteiger partial charge in [0, 0.05) is 37.5 Å². The molecule has 0 atom stereocenters. The van der Waals surface area contributed by atoms with Crippen LogP contribution < -0.4 is 15.1 Å². The molecule has 3 rings (SSSR count). The van der Waals surface area contributed by atoms with Crippen LogP contribution in [0.2, 0.25) is 0 Å². The Morgan fingerprint density at radius 2 is 1.76 bits per heavy atom. The molecule has 0 amide bonds. The summed E-state index contributed by atoms with van der Waals surface area (Å²) >= 11 is 0. The van der Waals surface area contributed by atoms with E-state index in [1.54, 1.807) is 36.7 Å². The van der Waals surface area contributed by atoms with E-state index in [0.29, 0.717) is 24.7 Å². The van der Waals surface area contributed by atoms with E-state index in [1.165, 1.54) is 0 Å². The summed E-state index contributed by atoms with van der Waals surface area (Å²) < 4.78 is 5.95. The predicted molar refractivity (Wildman–Crippen MR) is 139 cm³/mol. The number of aromatic hydroxyl groups is 1. The van der Waals surface area contributed by atoms with Crippen LogP contribution in [0.5, 0.6) is 11.6 Å². The number of pyridine rings is 1. The minimum absolute atomic E-state index is 0.204. The van der Waals surface area contributed by atoms with E-state index in [1.807, 2.05) is 38.1 Å². The molecule has 34 heavy (non-hydrogen) atoms. The number of nitrogens with zero attached hydrogens (tertiary/aromatic N) is 5. The van der Waals surface area contributed by atoms with E-state index in [2.05, 4.69) is 44.2 Å². The standard InChI is InChI=1S/C24H30N6O2.C2H6/c1-3-14-30(15-4-2)23-17-24(32-16-12-19-7-5-6-13-25-19)28-22(27-23)18-26-29-20-8-10-21(31)11-9-20;1-2/h5-11,13,17-18,29,31H,3-4,12,14-16H2,1-2H3;1-2H3/b26-18+;. The number of rotatable bonds is 12. The summed E-state index contributed by atoms with van der Waals surface area (Å²) in [4.78, 5) is 15.7. The first-order valence-corrected chi connectivity index (χ1v) is 11.9. The monoisotopic (exact) mass is 464 g/mol. The second-order valence-corrected chi connectivity index (χ2v) is 7.25. The van der Waals surface area contributed by atoms with Gasteiger partial charge in [-0.2, -0.15) is 10.1 Å². The molecule has 0 saturated heterocycles. The Kier molecular flexibility index (Phi) is 11.9. The topological polar surface area (TPSA) is 95.8 Å². The molecule has 0 saturated carbocycles. The smallest absolute Gasteiger partial charge is 0.219 e. The first kappa shape index (κ1) is 26.6. The fourth-order valence-corrected chi connectivity index (χ4v) is 3.11. The molecule has 0 unspecified atom stereocenters. The molecule has 8 nitrogen and oxygen atoms in total. The van der Waals surface area contributed by atoms with Crippen LogP contribution in [-0.2, 0) is 6.42 Å². The summed E-state index contributed by atoms with van der Waals surface area (Å²) in [5.74, 6) is 1.99. The van der Waals surface area contributed by atoms with Crippen LogP contribution in [0.4, 0.5) is 11.5 Å². The molecule has 182 valence electrons. The van der Waals surface area contributed by atoms with Crippen molar-refractivity contribution in [2.75, 3.05) is 30.0 Å². The maximum atomic E-state index is 9.40. The van der Waals surface area contributed by atoms with Gasteiger partial charge in [0.15, 0.2) is 5.82 Å². The van der Waals surface area contributed by atoms with E-state index in [9.17, 15) is 5.11 Å². The van der Waals surface area contributed by atoms with Crippen LogP contribution in [0.3, 0.4) is 0 Å². The Balaban J connectivity index is 0.00000199. The average Bonchev–Trinajstić information content (AvgIpc) is 2.87. The third-order valence-corrected chi connectivity index (χ3v) is 4.59. The zero-order valence-corrected chi connectivity index (χ0v) is 20.6. The summed E-state index contributed by atoms with van der Waals surface area (Å²) in [5.41, 5.74) is 4.64. The van der Waals surface area contributed by atoms with Gasteiger partial charge in [-0.3, -0.25) is 10.4 Å². The maximum Gasteiger partial charge on any atom is 0.219 e. The molecule has 0 aliphatic rings. The highest BCUT2D eigenvalue weighted by Gasteiger charge is 2.11. The van der Waals surface area contributed by atoms with Gasteiger partial charge in [0.2, 0.25) is 5.88 Å². The maximum absolute atomic E-state index is 9.40. The van der Waals surface area contributed by atoms with Crippen LogP contribution in [0, 0.1) is 0 Å². The Morgan fingerprint density at radius 3 is 2.41 bits per heavy atom. The third kappa shape index (κ3) is 9.05. The van der Waals surface area contributed by atoms with E-state index in [4.69, 9.17) is 4.74 Å². The number of hydrogen-bond donors (Lipinski definition) is 2. The molecule has 2 aromatic heterocycles. The molecule has 0 radical (unpaired) electrons. The van der Waals surface area contributed by atoms with Crippen LogP contribution in [0.25, 0.3) is 0 Å². The number of aromatic nitrogens is 3. The van der Waals surface area contributed by atoms with Gasteiger partial charge in [-0.25, -0.2) is 4.98 Å². The van der Waals surface area contributed by atoms with Crippen LogP contribution in [-0.4, -0.2) is 46.0 Å². The van der Waals surface area contributed by atoms with Crippen molar-refractivity contribution >= 4 is 17.7 Å². The highest BCUT2D eigenvalue weighted by atomic mass is 16.5. The SMILES string of the molecule is CC.CCCN(CCC)c1cc(OCCc2ccccn2)nc(/C=N/Nc2ccc(O)cc2)n1. The van der Waals surface area contributed by atoms with Gasteiger partial charge in [-0.15, -0.1) is 0 Å². The minimum atomic E-state index is 0.204. The molecule has 1 aromatic carbocycles. The van der Waals surface area contributed by atoms with Crippen molar-refractivity contribution in [1.29, 1.82) is 0 Å². The molecule has 0 fully saturated rings. The minimum Gasteiger partial charge on any atom is -0.508 e. The van der Waals surface area contributed by atoms with Gasteiger partial charge in [0.25, 0.3) is 0 Å². The highest BCUT2D eigenvalue weighted by molar-refractivity contribution is 5.76. The summed E-state index contributed by atoms with van der Waals surface area (Å²) in [7, 11) is 0. The number of anilines is 2. The van der Waals surface area contributed by atoms with Crippen molar-refractivity contribution in [2.45, 2.75) is 47.0 Å². The zero-order chi connectivity index (χ0) is 24.6. The molecular formula is C26H36N6O2. The lowest BCUT2D eigenvalue weighted by atomic mass is 10.3. The van der Waals surface area contributed by atoms with E-state index in [0.717, 1.165) is 43.1 Å². The van der Waals surface area contributed by atoms with Crippen molar-refractivity contribution < 1.29 is 9.84 Å². The largest absolute Gasteiger partial charge is 0.508 e. The molecular weight excluding hydrogens is 428 g/mol. The van der Waals surface area contributed by atoms with Crippen LogP contribution >= 0.6 is 0 Å². The molecule has 0 aliphatic carbocycles. The first-order chi connectivity index (χ1) is 16.7. The zero-order valence-electron chi connectivity index (χ0n) is 20.6. The van der Waals surface area contributed by atoms with Crippen LogP contribution in [0.15, 0.2) is 59.8 Å². The Bertz CT molecular complexity index is 974. The Morgan fingerprint density at radius 1 is 1.03 bits per heavy atom. The second kappa shape index (κ2) is 15.2. The van der Waals surface area contributed by atoms with E-state index >= 15 is 0 Å². The molecule has 2 heterocycles. The van der Waals surface area contributed by atoms with Gasteiger partial charge in [-0.1, -0.05) is 33.8 Å². The number of nitrogens with one attached hydrogen (secondary N) is 1. The lowest BCUT2D eigenvalue weighted by Gasteiger charge is -2.23. The number of phenolic OH excluding ortho intramolecular Hbond substituents is 1. The van der Waals surface area contributed by atoms with Crippen molar-refractivity contribution in [3.8, 4) is 11.6 Å². The van der Waals surface area contributed by atoms with Crippen molar-refractivity contribution in [1.82, 2.24) is 15.0 Å². The number of hydrazone groups is 1. The van der Waals surface area contributed by atoms with Gasteiger partial charge in [-0.05, 0) is 49.2 Å². The molecule has 0 bridgehead atoms. The van der Waals surface area contributed by atoms with E-state index < -0.39 is 0 Å². The summed E-state index contributed by atoms with van der Waals surface area (Å²) in [6, 6.07) is 14.4. The normalized spacial score (nSPS) is 10.5. The van der Waals surface area contributed by atoms with Gasteiger partial charge in [0.1, 0.15) is 11.6 Å². The molecule has 8 heteroatoms. The molecule has 2 N–H and O–H groups in total. The quantitative estimate of drug-likeness (QED) is 0.213. The lowest BCUT2D eigenvalue weighted by Crippen LogP contribution is -2.26. The number of phenols is 1. The predicted octanol–water partition coefficient (Wildman–Crippen LogP) is 5.30. The Labute approximate surface area is 202 Å². The van der Waals surface area contributed by atoms with Crippen LogP contribution in [0.1, 0.15) is 52.1 Å². The van der Waals surface area contributed by atoms with Crippen molar-refractivity contribution in [3.05, 3.63) is 66.2 Å². The second-order valence-electron chi connectivity index (χ2n) is 7.25. The first-order valence-electron chi connectivity index (χ1n) is 11.9. The van der Waals surface area contributed by atoms with Gasteiger partial charge in [0.05, 0.1) is 18.5 Å². The molecule has 3 aromatic rings. The number of ether oxygens (including phenoxy) is 1. The van der Waals surface area contributed by atoms with E-state index in [-0.39, 0.29) is 5.75 Å². The molecule has 0 spiro atoms. The fraction of sp³-hybridized carbons (Fsp3) is 0.385. The van der Waals surface area contributed by atoms with Crippen molar-refractivity contribution in [2.24, 2.45) is 5.10 Å². The summed E-state index contributed by atoms with van der Waals surface area (Å²) in [6.07, 6.45) is 6.08. The van der Waals surface area contributed by atoms with Crippen molar-refractivity contribution in [3.63, 3.8) is 0 Å². The summed E-state index contributed by atoms with van der Waals surface area (Å²) in [5, 5.41) is 13.6. The third-order valence-electron chi connectivity index (χ3n) is 4.59. The molecule has 0 aliphatic heterocycles. The average molecular weight is 465 g/mol. The van der Waals surface area contributed by atoms with Gasteiger partial charge >= 0.3 is 0 Å².